The van der Waals surface area contributed by atoms with Crippen LogP contribution in [0.5, 0.6) is 0 Å². The lowest BCUT2D eigenvalue weighted by atomic mass is 9.98. The summed E-state index contributed by atoms with van der Waals surface area (Å²) in [5, 5.41) is 4.86. The van der Waals surface area contributed by atoms with Crippen LogP contribution in [0.1, 0.15) is 38.2 Å². The van der Waals surface area contributed by atoms with Crippen molar-refractivity contribution in [1.82, 2.24) is 14.5 Å². The molecule has 5 heterocycles. The molecule has 5 nitrogen and oxygen atoms in total. The smallest absolute Gasteiger partial charge is 0.262 e. The molecule has 0 saturated carbocycles. The zero-order chi connectivity index (χ0) is 20.8. The van der Waals surface area contributed by atoms with Crippen LogP contribution in [0.2, 0.25) is 0 Å². The molecule has 30 heavy (non-hydrogen) atoms. The van der Waals surface area contributed by atoms with Gasteiger partial charge in [0.1, 0.15) is 4.83 Å². The van der Waals surface area contributed by atoms with Gasteiger partial charge in [-0.2, -0.15) is 0 Å². The summed E-state index contributed by atoms with van der Waals surface area (Å²) in [7, 11) is 0. The SMILES string of the molecule is Cc1sc2ncn(CCC(=O)N3CCc4sccc4C3c3cccs3)c(=O)c2c1C. The molecule has 0 fully saturated rings. The Morgan fingerprint density at radius 3 is 2.90 bits per heavy atom. The molecule has 5 rings (SSSR count). The number of nitrogens with zero attached hydrogens (tertiary/aromatic N) is 3. The Bertz CT molecular complexity index is 1280. The van der Waals surface area contributed by atoms with Crippen LogP contribution in [0.3, 0.4) is 0 Å². The first-order valence-corrected chi connectivity index (χ1v) is 12.5. The highest BCUT2D eigenvalue weighted by Crippen LogP contribution is 2.39. The quantitative estimate of drug-likeness (QED) is 0.446. The predicted octanol–water partition coefficient (Wildman–Crippen LogP) is 4.76. The maximum Gasteiger partial charge on any atom is 0.262 e. The van der Waals surface area contributed by atoms with Gasteiger partial charge in [0.05, 0.1) is 17.8 Å². The summed E-state index contributed by atoms with van der Waals surface area (Å²) in [6.45, 7) is 5.03. The number of aromatic nitrogens is 2. The molecule has 0 aromatic carbocycles. The van der Waals surface area contributed by atoms with E-state index >= 15 is 0 Å². The van der Waals surface area contributed by atoms with E-state index in [1.54, 1.807) is 44.9 Å². The molecule has 1 atom stereocenters. The lowest BCUT2D eigenvalue weighted by Crippen LogP contribution is -2.40. The molecule has 1 aliphatic heterocycles. The van der Waals surface area contributed by atoms with Crippen LogP contribution in [-0.2, 0) is 17.8 Å². The van der Waals surface area contributed by atoms with Gasteiger partial charge in [-0.05, 0) is 54.3 Å². The Balaban J connectivity index is 1.40. The molecule has 0 N–H and O–H groups in total. The van der Waals surface area contributed by atoms with Gasteiger partial charge in [0.25, 0.3) is 5.56 Å². The van der Waals surface area contributed by atoms with Crippen LogP contribution >= 0.6 is 34.0 Å². The van der Waals surface area contributed by atoms with Crippen molar-refractivity contribution >= 4 is 50.1 Å². The van der Waals surface area contributed by atoms with Crippen molar-refractivity contribution in [1.29, 1.82) is 0 Å². The van der Waals surface area contributed by atoms with E-state index in [1.807, 2.05) is 24.8 Å². The molecule has 0 bridgehead atoms. The first kappa shape index (κ1) is 19.7. The molecule has 4 aromatic heterocycles. The van der Waals surface area contributed by atoms with Crippen molar-refractivity contribution in [2.45, 2.75) is 39.3 Å². The minimum absolute atomic E-state index is 0.0217. The number of carbonyl (C=O) groups excluding carboxylic acids is 1. The molecule has 1 amide bonds. The lowest BCUT2D eigenvalue weighted by molar-refractivity contribution is -0.133. The molecule has 0 saturated heterocycles. The van der Waals surface area contributed by atoms with Crippen molar-refractivity contribution in [3.05, 3.63) is 71.4 Å². The Morgan fingerprint density at radius 1 is 1.23 bits per heavy atom. The predicted molar refractivity (Wildman–Crippen MR) is 124 cm³/mol. The second-order valence-corrected chi connectivity index (χ2v) is 10.7. The summed E-state index contributed by atoms with van der Waals surface area (Å²) in [6.07, 6.45) is 2.76. The maximum atomic E-state index is 13.3. The van der Waals surface area contributed by atoms with Gasteiger partial charge in [-0.1, -0.05) is 6.07 Å². The van der Waals surface area contributed by atoms with E-state index in [9.17, 15) is 9.59 Å². The van der Waals surface area contributed by atoms with E-state index in [0.29, 0.717) is 18.5 Å². The molecule has 8 heteroatoms. The highest BCUT2D eigenvalue weighted by atomic mass is 32.1. The zero-order valence-electron chi connectivity index (χ0n) is 16.8. The number of hydrogen-bond acceptors (Lipinski definition) is 6. The van der Waals surface area contributed by atoms with Crippen molar-refractivity contribution in [3.8, 4) is 0 Å². The second-order valence-electron chi connectivity index (χ2n) is 7.51. The molecule has 1 unspecified atom stereocenters. The van der Waals surface area contributed by atoms with E-state index in [0.717, 1.165) is 21.7 Å². The first-order valence-electron chi connectivity index (χ1n) is 9.89. The molecule has 1 aliphatic rings. The first-order chi connectivity index (χ1) is 14.5. The third-order valence-electron chi connectivity index (χ3n) is 5.82. The third-order valence-corrected chi connectivity index (χ3v) is 8.86. The molecule has 154 valence electrons. The number of amides is 1. The average molecular weight is 456 g/mol. The minimum Gasteiger partial charge on any atom is -0.330 e. The zero-order valence-corrected chi connectivity index (χ0v) is 19.2. The highest BCUT2D eigenvalue weighted by Gasteiger charge is 2.33. The topological polar surface area (TPSA) is 55.2 Å². The van der Waals surface area contributed by atoms with Gasteiger partial charge in [-0.3, -0.25) is 14.2 Å². The van der Waals surface area contributed by atoms with Crippen LogP contribution in [0, 0.1) is 13.8 Å². The Labute approximate surface area is 186 Å². The van der Waals surface area contributed by atoms with Gasteiger partial charge >= 0.3 is 0 Å². The van der Waals surface area contributed by atoms with Gasteiger partial charge in [-0.25, -0.2) is 4.98 Å². The van der Waals surface area contributed by atoms with Crippen LogP contribution in [0.25, 0.3) is 10.2 Å². The fourth-order valence-corrected chi connectivity index (χ4v) is 6.87. The van der Waals surface area contributed by atoms with Crippen molar-refractivity contribution < 1.29 is 4.79 Å². The van der Waals surface area contributed by atoms with E-state index in [1.165, 1.54) is 15.3 Å². The monoisotopic (exact) mass is 455 g/mol. The largest absolute Gasteiger partial charge is 0.330 e. The number of aryl methyl sites for hydroxylation is 3. The normalized spacial score (nSPS) is 16.2. The summed E-state index contributed by atoms with van der Waals surface area (Å²) >= 11 is 5.00. The number of hydrogen-bond donors (Lipinski definition) is 0. The second kappa shape index (κ2) is 7.76. The number of rotatable bonds is 4. The molecule has 0 spiro atoms. The number of carbonyl (C=O) groups is 1. The average Bonchev–Trinajstić information content (AvgIpc) is 3.48. The van der Waals surface area contributed by atoms with E-state index in [2.05, 4.69) is 27.9 Å². The van der Waals surface area contributed by atoms with Gasteiger partial charge in [0.15, 0.2) is 0 Å². The number of thiophene rings is 3. The van der Waals surface area contributed by atoms with Crippen LogP contribution in [-0.4, -0.2) is 26.9 Å². The molecule has 4 aromatic rings. The van der Waals surface area contributed by atoms with Crippen molar-refractivity contribution in [2.75, 3.05) is 6.54 Å². The van der Waals surface area contributed by atoms with Crippen molar-refractivity contribution in [2.24, 2.45) is 0 Å². The third kappa shape index (κ3) is 3.23. The summed E-state index contributed by atoms with van der Waals surface area (Å²) in [5.74, 6) is 0.0791. The number of fused-ring (bicyclic) bond motifs is 2. The van der Waals surface area contributed by atoms with Gasteiger partial charge < -0.3 is 4.90 Å². The molecule has 0 aliphatic carbocycles. The fraction of sp³-hybridized carbons (Fsp3) is 0.318. The molecule has 0 radical (unpaired) electrons. The summed E-state index contributed by atoms with van der Waals surface area (Å²) in [4.78, 5) is 37.1. The van der Waals surface area contributed by atoms with Gasteiger partial charge in [0, 0.05) is 34.1 Å². The van der Waals surface area contributed by atoms with Gasteiger partial charge in [-0.15, -0.1) is 34.0 Å². The summed E-state index contributed by atoms with van der Waals surface area (Å²) in [5.41, 5.74) is 2.18. The van der Waals surface area contributed by atoms with E-state index in [-0.39, 0.29) is 23.9 Å². The summed E-state index contributed by atoms with van der Waals surface area (Å²) < 4.78 is 1.58. The maximum absolute atomic E-state index is 13.3. The van der Waals surface area contributed by atoms with E-state index < -0.39 is 0 Å². The molecular formula is C22H21N3O2S3. The van der Waals surface area contributed by atoms with Crippen molar-refractivity contribution in [3.63, 3.8) is 0 Å². The molecular weight excluding hydrogens is 434 g/mol. The van der Waals surface area contributed by atoms with Crippen LogP contribution in [0.4, 0.5) is 0 Å². The van der Waals surface area contributed by atoms with E-state index in [4.69, 9.17) is 0 Å². The Hall–Kier alpha value is -2.29. The highest BCUT2D eigenvalue weighted by molar-refractivity contribution is 7.18. The summed E-state index contributed by atoms with van der Waals surface area (Å²) in [6, 6.07) is 6.27. The minimum atomic E-state index is -0.0526. The standard InChI is InChI=1S/C22H21N3O2S3/c1-13-14(2)30-21-19(13)22(27)24(12-23-21)8-6-18(26)25-9-5-16-15(7-11-29-16)20(25)17-4-3-10-28-17/h3-4,7,10-12,20H,5-6,8-9H2,1-2H3. The van der Waals surface area contributed by atoms with Crippen LogP contribution < -0.4 is 5.56 Å². The fourth-order valence-electron chi connectivity index (χ4n) is 4.13. The lowest BCUT2D eigenvalue weighted by Gasteiger charge is -2.35. The van der Waals surface area contributed by atoms with Gasteiger partial charge in [0.2, 0.25) is 5.91 Å². The Morgan fingerprint density at radius 2 is 2.10 bits per heavy atom. The van der Waals surface area contributed by atoms with Crippen LogP contribution in [0.15, 0.2) is 40.1 Å². The Kier molecular flexibility index (Phi) is 5.08.